The maximum atomic E-state index is 13.1. The fourth-order valence-electron chi connectivity index (χ4n) is 1.48. The third kappa shape index (κ3) is 3.93. The Kier molecular flexibility index (Phi) is 4.53. The lowest BCUT2D eigenvalue weighted by Gasteiger charge is -2.08. The van der Waals surface area contributed by atoms with Crippen LogP contribution in [-0.2, 0) is 4.79 Å². The van der Waals surface area contributed by atoms with E-state index < -0.39 is 17.5 Å². The minimum absolute atomic E-state index is 0.0263. The fraction of sp³-hybridized carbons (Fsp3) is 0.0714. The molecule has 0 aromatic heterocycles. The van der Waals surface area contributed by atoms with Crippen molar-refractivity contribution in [3.05, 3.63) is 59.1 Å². The number of nitrogens with one attached hydrogen (secondary N) is 1. The molecule has 6 heteroatoms. The number of hydrogen-bond donors (Lipinski definition) is 1. The first-order valence-electron chi connectivity index (χ1n) is 5.68. The summed E-state index contributed by atoms with van der Waals surface area (Å²) in [6.45, 7) is -0.322. The van der Waals surface area contributed by atoms with Gasteiger partial charge in [0, 0.05) is 11.8 Å². The number of hydrogen-bond acceptors (Lipinski definition) is 2. The van der Waals surface area contributed by atoms with E-state index in [0.717, 1.165) is 6.07 Å². The molecule has 0 fully saturated rings. The van der Waals surface area contributed by atoms with Gasteiger partial charge in [-0.1, -0.05) is 17.7 Å². The van der Waals surface area contributed by atoms with E-state index in [2.05, 4.69) is 5.32 Å². The van der Waals surface area contributed by atoms with Gasteiger partial charge in [-0.15, -0.1) is 0 Å². The Morgan fingerprint density at radius 1 is 1.20 bits per heavy atom. The van der Waals surface area contributed by atoms with Crippen LogP contribution in [0.5, 0.6) is 5.75 Å². The Morgan fingerprint density at radius 2 is 2.00 bits per heavy atom. The summed E-state index contributed by atoms with van der Waals surface area (Å²) in [5.74, 6) is -1.38. The van der Waals surface area contributed by atoms with Crippen LogP contribution in [0.3, 0.4) is 0 Å². The average Bonchev–Trinajstić information content (AvgIpc) is 2.40. The quantitative estimate of drug-likeness (QED) is 0.936. The SMILES string of the molecule is O=C(COc1ccc(Cl)c(F)c1)Nc1cccc(F)c1. The lowest BCUT2D eigenvalue weighted by Crippen LogP contribution is -2.20. The molecule has 3 nitrogen and oxygen atoms in total. The first-order valence-corrected chi connectivity index (χ1v) is 6.05. The van der Waals surface area contributed by atoms with Crippen molar-refractivity contribution in [3.8, 4) is 5.75 Å². The second-order valence-electron chi connectivity index (χ2n) is 3.92. The first kappa shape index (κ1) is 14.3. The molecule has 20 heavy (non-hydrogen) atoms. The highest BCUT2D eigenvalue weighted by atomic mass is 35.5. The predicted octanol–water partition coefficient (Wildman–Crippen LogP) is 3.64. The van der Waals surface area contributed by atoms with Crippen molar-refractivity contribution in [1.82, 2.24) is 0 Å². The molecule has 0 radical (unpaired) electrons. The summed E-state index contributed by atoms with van der Waals surface area (Å²) in [5, 5.41) is 2.43. The number of benzene rings is 2. The molecule has 1 amide bonds. The van der Waals surface area contributed by atoms with Crippen LogP contribution in [0.25, 0.3) is 0 Å². The normalized spacial score (nSPS) is 10.2. The molecular weight excluding hydrogens is 288 g/mol. The van der Waals surface area contributed by atoms with Crippen LogP contribution in [0.4, 0.5) is 14.5 Å². The van der Waals surface area contributed by atoms with Crippen molar-refractivity contribution in [3.63, 3.8) is 0 Å². The van der Waals surface area contributed by atoms with E-state index in [0.29, 0.717) is 5.69 Å². The molecule has 0 spiro atoms. The Bertz CT molecular complexity index is 634. The van der Waals surface area contributed by atoms with Crippen LogP contribution < -0.4 is 10.1 Å². The Hall–Kier alpha value is -2.14. The van der Waals surface area contributed by atoms with Gasteiger partial charge < -0.3 is 10.1 Å². The summed E-state index contributed by atoms with van der Waals surface area (Å²) >= 11 is 5.52. The zero-order valence-electron chi connectivity index (χ0n) is 10.2. The molecule has 0 saturated carbocycles. The van der Waals surface area contributed by atoms with E-state index in [1.54, 1.807) is 6.07 Å². The molecule has 0 aliphatic rings. The average molecular weight is 298 g/mol. The van der Waals surface area contributed by atoms with Crippen LogP contribution >= 0.6 is 11.6 Å². The van der Waals surface area contributed by atoms with E-state index in [9.17, 15) is 13.6 Å². The van der Waals surface area contributed by atoms with Crippen molar-refractivity contribution in [2.24, 2.45) is 0 Å². The minimum Gasteiger partial charge on any atom is -0.484 e. The largest absolute Gasteiger partial charge is 0.484 e. The van der Waals surface area contributed by atoms with Crippen molar-refractivity contribution in [2.45, 2.75) is 0 Å². The summed E-state index contributed by atoms with van der Waals surface area (Å²) in [6.07, 6.45) is 0. The molecule has 0 aliphatic heterocycles. The van der Waals surface area contributed by atoms with Crippen LogP contribution in [0, 0.1) is 11.6 Å². The molecule has 2 aromatic carbocycles. The van der Waals surface area contributed by atoms with Gasteiger partial charge in [0.15, 0.2) is 6.61 Å². The number of anilines is 1. The van der Waals surface area contributed by atoms with E-state index in [1.165, 1.54) is 30.3 Å². The summed E-state index contributed by atoms with van der Waals surface area (Å²) in [7, 11) is 0. The van der Waals surface area contributed by atoms with Crippen molar-refractivity contribution < 1.29 is 18.3 Å². The summed E-state index contributed by atoms with van der Waals surface area (Å²) in [4.78, 5) is 11.6. The second-order valence-corrected chi connectivity index (χ2v) is 4.33. The topological polar surface area (TPSA) is 38.3 Å². The Labute approximate surface area is 119 Å². The minimum atomic E-state index is -0.630. The van der Waals surface area contributed by atoms with E-state index >= 15 is 0 Å². The standard InChI is InChI=1S/C14H10ClF2NO2/c15-12-5-4-11(7-13(12)17)20-8-14(19)18-10-3-1-2-9(16)6-10/h1-7H,8H2,(H,18,19). The van der Waals surface area contributed by atoms with Gasteiger partial charge in [-0.2, -0.15) is 0 Å². The number of amides is 1. The summed E-state index contributed by atoms with van der Waals surface area (Å²) in [5.41, 5.74) is 0.320. The van der Waals surface area contributed by atoms with Gasteiger partial charge in [0.05, 0.1) is 5.02 Å². The molecule has 0 atom stereocenters. The van der Waals surface area contributed by atoms with Gasteiger partial charge >= 0.3 is 0 Å². The molecule has 0 aliphatic carbocycles. The van der Waals surface area contributed by atoms with Gasteiger partial charge in [0.2, 0.25) is 0 Å². The van der Waals surface area contributed by atoms with Crippen LogP contribution in [0.15, 0.2) is 42.5 Å². The van der Waals surface area contributed by atoms with Crippen LogP contribution in [-0.4, -0.2) is 12.5 Å². The maximum Gasteiger partial charge on any atom is 0.262 e. The van der Waals surface area contributed by atoms with Gasteiger partial charge in [0.1, 0.15) is 17.4 Å². The highest BCUT2D eigenvalue weighted by molar-refractivity contribution is 6.30. The number of rotatable bonds is 4. The van der Waals surface area contributed by atoms with Crippen molar-refractivity contribution >= 4 is 23.2 Å². The second kappa shape index (κ2) is 6.34. The maximum absolute atomic E-state index is 13.1. The highest BCUT2D eigenvalue weighted by Gasteiger charge is 2.06. The fourth-order valence-corrected chi connectivity index (χ4v) is 1.60. The monoisotopic (exact) mass is 297 g/mol. The third-order valence-electron chi connectivity index (χ3n) is 2.37. The van der Waals surface area contributed by atoms with Crippen molar-refractivity contribution in [1.29, 1.82) is 0 Å². The van der Waals surface area contributed by atoms with E-state index in [-0.39, 0.29) is 17.4 Å². The molecule has 0 unspecified atom stereocenters. The summed E-state index contributed by atoms with van der Waals surface area (Å²) in [6, 6.07) is 9.32. The van der Waals surface area contributed by atoms with Gasteiger partial charge in [0.25, 0.3) is 5.91 Å². The number of ether oxygens (including phenoxy) is 1. The number of carbonyl (C=O) groups is 1. The molecular formula is C14H10ClF2NO2. The molecule has 2 aromatic rings. The van der Waals surface area contributed by atoms with Crippen LogP contribution in [0.2, 0.25) is 5.02 Å². The van der Waals surface area contributed by atoms with Gasteiger partial charge in [-0.3, -0.25) is 4.79 Å². The van der Waals surface area contributed by atoms with E-state index in [4.69, 9.17) is 16.3 Å². The molecule has 0 bridgehead atoms. The molecule has 2 rings (SSSR count). The lowest BCUT2D eigenvalue weighted by molar-refractivity contribution is -0.118. The Balaban J connectivity index is 1.90. The zero-order valence-corrected chi connectivity index (χ0v) is 11.0. The lowest BCUT2D eigenvalue weighted by atomic mass is 10.3. The van der Waals surface area contributed by atoms with Crippen LogP contribution in [0.1, 0.15) is 0 Å². The zero-order chi connectivity index (χ0) is 14.5. The van der Waals surface area contributed by atoms with Crippen molar-refractivity contribution in [2.75, 3.05) is 11.9 Å². The molecule has 0 saturated heterocycles. The molecule has 104 valence electrons. The van der Waals surface area contributed by atoms with Gasteiger partial charge in [-0.25, -0.2) is 8.78 Å². The first-order chi connectivity index (χ1) is 9.54. The predicted molar refractivity (Wildman–Crippen MR) is 71.9 cm³/mol. The highest BCUT2D eigenvalue weighted by Crippen LogP contribution is 2.20. The molecule has 0 heterocycles. The third-order valence-corrected chi connectivity index (χ3v) is 2.68. The smallest absolute Gasteiger partial charge is 0.262 e. The van der Waals surface area contributed by atoms with E-state index in [1.807, 2.05) is 0 Å². The number of halogens is 3. The molecule has 1 N–H and O–H groups in total. The van der Waals surface area contributed by atoms with Gasteiger partial charge in [-0.05, 0) is 30.3 Å². The summed E-state index contributed by atoms with van der Waals surface area (Å²) < 4.78 is 31.2. The Morgan fingerprint density at radius 3 is 2.70 bits per heavy atom. The number of carbonyl (C=O) groups excluding carboxylic acids is 1.